The van der Waals surface area contributed by atoms with Gasteiger partial charge in [0.05, 0.1) is 24.9 Å². The zero-order valence-corrected chi connectivity index (χ0v) is 19.0. The van der Waals surface area contributed by atoms with Gasteiger partial charge in [0.15, 0.2) is 11.0 Å². The molecule has 1 amide bonds. The maximum atomic E-state index is 13.1. The van der Waals surface area contributed by atoms with Gasteiger partial charge in [0.25, 0.3) is 5.91 Å². The van der Waals surface area contributed by atoms with Crippen LogP contribution in [0.3, 0.4) is 0 Å². The summed E-state index contributed by atoms with van der Waals surface area (Å²) in [5, 5.41) is 3.99. The molecule has 4 rings (SSSR count). The molecule has 1 saturated heterocycles. The summed E-state index contributed by atoms with van der Waals surface area (Å²) in [5.74, 6) is 2.50. The molecule has 3 heterocycles. The molecule has 0 spiro atoms. The standard InChI is InChI=1S/C23H28N4O3S/c1-4-24-23-26-15(2)20(31-23)22(28)27-11-7-9-17(14-27)21-25-13-18(30-21)12-16-8-5-6-10-19(16)29-3/h5-6,8,10,13,17H,4,7,9,11-12,14H2,1-3H3,(H,24,26)/t17-/m1/s1. The fourth-order valence-electron chi connectivity index (χ4n) is 3.96. The average molecular weight is 441 g/mol. The molecule has 8 heteroatoms. The Hall–Kier alpha value is -2.87. The van der Waals surface area contributed by atoms with Crippen molar-refractivity contribution in [1.82, 2.24) is 14.9 Å². The maximum absolute atomic E-state index is 13.1. The Morgan fingerprint density at radius 2 is 2.23 bits per heavy atom. The van der Waals surface area contributed by atoms with Gasteiger partial charge < -0.3 is 19.4 Å². The molecule has 1 atom stereocenters. The van der Waals surface area contributed by atoms with Crippen molar-refractivity contribution in [2.45, 2.75) is 39.0 Å². The Labute approximate surface area is 186 Å². The van der Waals surface area contributed by atoms with E-state index in [-0.39, 0.29) is 11.8 Å². The number of carbonyl (C=O) groups is 1. The minimum absolute atomic E-state index is 0.0460. The number of likely N-dealkylation sites (tertiary alicyclic amines) is 1. The summed E-state index contributed by atoms with van der Waals surface area (Å²) in [6, 6.07) is 7.91. The molecule has 2 aromatic heterocycles. The summed E-state index contributed by atoms with van der Waals surface area (Å²) in [6.45, 7) is 6.06. The summed E-state index contributed by atoms with van der Waals surface area (Å²) < 4.78 is 11.5. The first-order valence-electron chi connectivity index (χ1n) is 10.7. The number of thiazole rings is 1. The quantitative estimate of drug-likeness (QED) is 0.583. The average Bonchev–Trinajstić information content (AvgIpc) is 3.40. The van der Waals surface area contributed by atoms with Gasteiger partial charge in [-0.2, -0.15) is 0 Å². The minimum atomic E-state index is 0.0460. The molecule has 0 radical (unpaired) electrons. The number of nitrogens with one attached hydrogen (secondary N) is 1. The van der Waals surface area contributed by atoms with E-state index in [1.54, 1.807) is 13.3 Å². The highest BCUT2D eigenvalue weighted by atomic mass is 32.1. The van der Waals surface area contributed by atoms with Gasteiger partial charge in [-0.3, -0.25) is 4.79 Å². The number of amides is 1. The Morgan fingerprint density at radius 3 is 3.03 bits per heavy atom. The van der Waals surface area contributed by atoms with Gasteiger partial charge >= 0.3 is 0 Å². The highest BCUT2D eigenvalue weighted by Gasteiger charge is 2.30. The van der Waals surface area contributed by atoms with Crippen molar-refractivity contribution in [3.8, 4) is 5.75 Å². The van der Waals surface area contributed by atoms with Crippen molar-refractivity contribution in [3.63, 3.8) is 0 Å². The molecule has 1 N–H and O–H groups in total. The third kappa shape index (κ3) is 4.74. The normalized spacial score (nSPS) is 16.4. The molecular formula is C23H28N4O3S. The lowest BCUT2D eigenvalue weighted by molar-refractivity contribution is 0.0702. The summed E-state index contributed by atoms with van der Waals surface area (Å²) in [5.41, 5.74) is 1.84. The van der Waals surface area contributed by atoms with Crippen LogP contribution >= 0.6 is 11.3 Å². The van der Waals surface area contributed by atoms with Crippen molar-refractivity contribution in [2.75, 3.05) is 32.1 Å². The lowest BCUT2D eigenvalue weighted by Crippen LogP contribution is -2.39. The van der Waals surface area contributed by atoms with Crippen molar-refractivity contribution in [3.05, 3.63) is 58.2 Å². The summed E-state index contributed by atoms with van der Waals surface area (Å²) in [4.78, 5) is 24.8. The Balaban J connectivity index is 1.45. The number of methoxy groups -OCH3 is 1. The van der Waals surface area contributed by atoms with Gasteiger partial charge in [-0.15, -0.1) is 0 Å². The number of ether oxygens (including phenoxy) is 1. The number of aromatic nitrogens is 2. The van der Waals surface area contributed by atoms with E-state index >= 15 is 0 Å². The topological polar surface area (TPSA) is 80.5 Å². The van der Waals surface area contributed by atoms with Crippen LogP contribution in [-0.4, -0.2) is 47.5 Å². The van der Waals surface area contributed by atoms with Crippen LogP contribution in [-0.2, 0) is 6.42 Å². The van der Waals surface area contributed by atoms with Gasteiger partial charge in [0.1, 0.15) is 16.4 Å². The van der Waals surface area contributed by atoms with Gasteiger partial charge in [0, 0.05) is 31.6 Å². The van der Waals surface area contributed by atoms with Crippen LogP contribution in [0.2, 0.25) is 0 Å². The zero-order chi connectivity index (χ0) is 21.8. The number of hydrogen-bond donors (Lipinski definition) is 1. The largest absolute Gasteiger partial charge is 0.496 e. The fourth-order valence-corrected chi connectivity index (χ4v) is 4.96. The monoisotopic (exact) mass is 440 g/mol. The molecule has 1 fully saturated rings. The van der Waals surface area contributed by atoms with E-state index in [2.05, 4.69) is 15.3 Å². The van der Waals surface area contributed by atoms with E-state index in [0.29, 0.717) is 23.7 Å². The van der Waals surface area contributed by atoms with E-state index < -0.39 is 0 Å². The van der Waals surface area contributed by atoms with Gasteiger partial charge in [0.2, 0.25) is 0 Å². The molecule has 0 bridgehead atoms. The molecule has 1 aliphatic rings. The highest BCUT2D eigenvalue weighted by molar-refractivity contribution is 7.17. The number of carbonyl (C=O) groups excluding carboxylic acids is 1. The molecule has 31 heavy (non-hydrogen) atoms. The van der Waals surface area contributed by atoms with Crippen molar-refractivity contribution >= 4 is 22.4 Å². The first-order chi connectivity index (χ1) is 15.1. The zero-order valence-electron chi connectivity index (χ0n) is 18.2. The number of piperidine rings is 1. The predicted molar refractivity (Wildman–Crippen MR) is 121 cm³/mol. The summed E-state index contributed by atoms with van der Waals surface area (Å²) >= 11 is 1.43. The fraction of sp³-hybridized carbons (Fsp3) is 0.435. The van der Waals surface area contributed by atoms with E-state index in [4.69, 9.17) is 9.15 Å². The van der Waals surface area contributed by atoms with Crippen LogP contribution in [0.5, 0.6) is 5.75 Å². The number of benzene rings is 1. The molecule has 164 valence electrons. The number of aryl methyl sites for hydroxylation is 1. The van der Waals surface area contributed by atoms with Gasteiger partial charge in [-0.1, -0.05) is 29.5 Å². The molecule has 0 saturated carbocycles. The first-order valence-corrected chi connectivity index (χ1v) is 11.5. The third-order valence-corrected chi connectivity index (χ3v) is 6.61. The van der Waals surface area contributed by atoms with E-state index in [0.717, 1.165) is 53.8 Å². The Bertz CT molecular complexity index is 1050. The SMILES string of the molecule is CCNc1nc(C)c(C(=O)N2CCC[C@@H](c3ncc(Cc4ccccc4OC)o3)C2)s1. The van der Waals surface area contributed by atoms with Crippen LogP contribution in [0.25, 0.3) is 0 Å². The van der Waals surface area contributed by atoms with E-state index in [1.165, 1.54) is 11.3 Å². The van der Waals surface area contributed by atoms with Crippen LogP contribution in [0, 0.1) is 6.92 Å². The number of para-hydroxylation sites is 1. The van der Waals surface area contributed by atoms with Crippen LogP contribution < -0.4 is 10.1 Å². The molecule has 1 aliphatic heterocycles. The number of nitrogens with zero attached hydrogens (tertiary/aromatic N) is 3. The third-order valence-electron chi connectivity index (χ3n) is 5.51. The Kier molecular flexibility index (Phi) is 6.56. The lowest BCUT2D eigenvalue weighted by Gasteiger charge is -2.31. The second-order valence-corrected chi connectivity index (χ2v) is 8.71. The molecular weight excluding hydrogens is 412 g/mol. The second kappa shape index (κ2) is 9.51. The number of hydrogen-bond acceptors (Lipinski definition) is 7. The predicted octanol–water partition coefficient (Wildman–Crippen LogP) is 4.49. The van der Waals surface area contributed by atoms with Crippen LogP contribution in [0.1, 0.15) is 58.3 Å². The van der Waals surface area contributed by atoms with E-state index in [9.17, 15) is 4.79 Å². The van der Waals surface area contributed by atoms with Gasteiger partial charge in [-0.05, 0) is 32.8 Å². The number of oxazole rings is 1. The van der Waals surface area contributed by atoms with Crippen molar-refractivity contribution < 1.29 is 13.9 Å². The highest BCUT2D eigenvalue weighted by Crippen LogP contribution is 2.31. The molecule has 7 nitrogen and oxygen atoms in total. The van der Waals surface area contributed by atoms with E-state index in [1.807, 2.05) is 43.0 Å². The molecule has 0 aliphatic carbocycles. The maximum Gasteiger partial charge on any atom is 0.265 e. The van der Waals surface area contributed by atoms with Gasteiger partial charge in [-0.25, -0.2) is 9.97 Å². The minimum Gasteiger partial charge on any atom is -0.496 e. The Morgan fingerprint density at radius 1 is 1.39 bits per heavy atom. The van der Waals surface area contributed by atoms with Crippen LogP contribution in [0.4, 0.5) is 5.13 Å². The number of anilines is 1. The van der Waals surface area contributed by atoms with Crippen molar-refractivity contribution in [2.24, 2.45) is 0 Å². The lowest BCUT2D eigenvalue weighted by atomic mass is 9.98. The number of rotatable bonds is 7. The first kappa shape index (κ1) is 21.4. The molecule has 0 unspecified atom stereocenters. The van der Waals surface area contributed by atoms with Crippen molar-refractivity contribution in [1.29, 1.82) is 0 Å². The summed E-state index contributed by atoms with van der Waals surface area (Å²) in [6.07, 6.45) is 4.31. The molecule has 3 aromatic rings. The van der Waals surface area contributed by atoms with Crippen LogP contribution in [0.15, 0.2) is 34.9 Å². The molecule has 1 aromatic carbocycles. The second-order valence-electron chi connectivity index (χ2n) is 7.71. The summed E-state index contributed by atoms with van der Waals surface area (Å²) in [7, 11) is 1.67. The smallest absolute Gasteiger partial charge is 0.265 e.